The van der Waals surface area contributed by atoms with Crippen molar-refractivity contribution in [2.24, 2.45) is 0 Å². The predicted molar refractivity (Wildman–Crippen MR) is 294 cm³/mol. The number of nitrogens with zero attached hydrogens (tertiary/aromatic N) is 3. The van der Waals surface area contributed by atoms with Crippen molar-refractivity contribution in [3.8, 4) is 17.2 Å². The number of Topliss-reactive ketones (excluding diaryl/α,β-unsaturated/α-hetero) is 1. The number of hydrogen-bond acceptors (Lipinski definition) is 17. The first-order valence-electron chi connectivity index (χ1n) is 27.4. The molecule has 3 heterocycles. The van der Waals surface area contributed by atoms with Crippen LogP contribution in [0.3, 0.4) is 0 Å². The maximum Gasteiger partial charge on any atom is 0.373 e. The highest BCUT2D eigenvalue weighted by atomic mass is 16.6. The first-order valence-corrected chi connectivity index (χ1v) is 27.4. The number of aryl methyl sites for hydroxylation is 3. The number of aromatic nitrogens is 3. The Labute approximate surface area is 478 Å². The number of rotatable bonds is 34. The van der Waals surface area contributed by atoms with Gasteiger partial charge in [0.1, 0.15) is 23.3 Å². The van der Waals surface area contributed by atoms with Crippen LogP contribution in [-0.2, 0) is 56.7 Å². The van der Waals surface area contributed by atoms with Crippen LogP contribution in [0.15, 0.2) is 85.1 Å². The monoisotopic (exact) mass is 1150 g/mol. The van der Waals surface area contributed by atoms with Crippen LogP contribution in [0.4, 0.5) is 4.79 Å². The number of unbranched alkanes of at least 4 members (excludes halogenated alkanes) is 5. The lowest BCUT2D eigenvalue weighted by molar-refractivity contribution is -0.191. The maximum absolute atomic E-state index is 13.4. The van der Waals surface area contributed by atoms with E-state index in [-0.39, 0.29) is 86.2 Å². The summed E-state index contributed by atoms with van der Waals surface area (Å²) in [7, 11) is 0. The molecule has 7 rings (SSSR count). The smallest absolute Gasteiger partial charge is 0.373 e. The van der Waals surface area contributed by atoms with E-state index < -0.39 is 35.6 Å². The lowest BCUT2D eigenvalue weighted by Gasteiger charge is -2.36. The molecule has 4 aromatic carbocycles. The van der Waals surface area contributed by atoms with Gasteiger partial charge in [-0.2, -0.15) is 9.59 Å². The molecule has 5 aromatic rings. The first kappa shape index (κ1) is 63.4. The Hall–Kier alpha value is -8.83. The van der Waals surface area contributed by atoms with Crippen LogP contribution < -0.4 is 26.0 Å². The fraction of sp³-hybridized carbons (Fsp3) is 0.424. The van der Waals surface area contributed by atoms with Gasteiger partial charge in [-0.3, -0.25) is 23.9 Å². The minimum absolute atomic E-state index is 0.00806. The van der Waals surface area contributed by atoms with E-state index in [1.807, 2.05) is 31.3 Å². The Morgan fingerprint density at radius 3 is 1.95 bits per heavy atom. The number of aliphatic carboxylic acids is 2. The third-order valence-electron chi connectivity index (χ3n) is 13.5. The van der Waals surface area contributed by atoms with Crippen molar-refractivity contribution in [1.29, 1.82) is 0 Å². The highest BCUT2D eigenvalue weighted by Crippen LogP contribution is 2.56. The zero-order valence-corrected chi connectivity index (χ0v) is 46.1. The molecular formula is C59H69N7O17. The molecule has 2 atom stereocenters. The molecule has 83 heavy (non-hydrogen) atoms. The molecular weight excluding hydrogens is 1080 g/mol. The molecule has 0 bridgehead atoms. The molecule has 4 amide bonds. The number of ether oxygens (including phenoxy) is 5. The third-order valence-corrected chi connectivity index (χ3v) is 13.5. The molecule has 0 fully saturated rings. The van der Waals surface area contributed by atoms with E-state index in [1.54, 1.807) is 47.1 Å². The second-order valence-electron chi connectivity index (χ2n) is 19.6. The third kappa shape index (κ3) is 18.9. The molecule has 2 aliphatic rings. The van der Waals surface area contributed by atoms with Crippen LogP contribution in [0.2, 0.25) is 0 Å². The molecule has 442 valence electrons. The van der Waals surface area contributed by atoms with Crippen molar-refractivity contribution in [2.75, 3.05) is 59.3 Å². The number of phenolic OH excluding ortho intramolecular Hbond substituents is 1. The average molecular weight is 1150 g/mol. The number of ketones is 1. The number of carbonyl (C=O) groups is 7. The van der Waals surface area contributed by atoms with Crippen molar-refractivity contribution in [3.63, 3.8) is 0 Å². The van der Waals surface area contributed by atoms with E-state index in [0.717, 1.165) is 49.8 Å². The van der Waals surface area contributed by atoms with E-state index in [9.17, 15) is 43.8 Å². The number of esters is 1. The van der Waals surface area contributed by atoms with Gasteiger partial charge in [-0.05, 0) is 99.9 Å². The van der Waals surface area contributed by atoms with E-state index in [2.05, 4.69) is 31.6 Å². The molecule has 0 radical (unpaired) electrons. The molecule has 1 spiro atoms. The fourth-order valence-corrected chi connectivity index (χ4v) is 9.35. The van der Waals surface area contributed by atoms with Gasteiger partial charge < -0.3 is 60.3 Å². The highest BCUT2D eigenvalue weighted by Gasteiger charge is 2.53. The second kappa shape index (κ2) is 32.6. The number of aromatic hydroxyl groups is 1. The summed E-state index contributed by atoms with van der Waals surface area (Å²) in [5.41, 5.74) is 3.81. The number of amides is 4. The van der Waals surface area contributed by atoms with Gasteiger partial charge in [0.05, 0.1) is 50.9 Å². The zero-order valence-electron chi connectivity index (χ0n) is 46.1. The molecule has 1 aromatic heterocycles. The number of carboxylic acid groups (broad SMARTS) is 2. The van der Waals surface area contributed by atoms with Gasteiger partial charge in [-0.25, -0.2) is 14.4 Å². The summed E-state index contributed by atoms with van der Waals surface area (Å²) in [6, 6.07) is 20.1. The summed E-state index contributed by atoms with van der Waals surface area (Å²) in [6.07, 6.45) is 9.43. The summed E-state index contributed by atoms with van der Waals surface area (Å²) >= 11 is 0. The van der Waals surface area contributed by atoms with Gasteiger partial charge in [-0.1, -0.05) is 54.8 Å². The minimum atomic E-state index is -1.32. The van der Waals surface area contributed by atoms with Gasteiger partial charge in [-0.15, -0.1) is 5.10 Å². The minimum Gasteiger partial charge on any atom is -0.508 e. The number of carboxylic acids is 2. The fourth-order valence-electron chi connectivity index (χ4n) is 9.35. The van der Waals surface area contributed by atoms with Crippen molar-refractivity contribution >= 4 is 47.7 Å². The highest BCUT2D eigenvalue weighted by molar-refractivity contribution is 6.02. The van der Waals surface area contributed by atoms with Crippen molar-refractivity contribution in [3.05, 3.63) is 135 Å². The first-order chi connectivity index (χ1) is 40.1. The van der Waals surface area contributed by atoms with Crippen LogP contribution in [-0.4, -0.2) is 143 Å². The van der Waals surface area contributed by atoms with Crippen LogP contribution in [0.25, 0.3) is 0 Å². The lowest BCUT2D eigenvalue weighted by atomic mass is 9.77. The molecule has 0 aliphatic carbocycles. The van der Waals surface area contributed by atoms with Gasteiger partial charge in [0, 0.05) is 84.7 Å². The van der Waals surface area contributed by atoms with Gasteiger partial charge in [0.2, 0.25) is 0 Å². The average Bonchev–Trinajstić information content (AvgIpc) is 2.21. The Bertz CT molecular complexity index is 3010. The standard InChI is InChI=1S/C58H69N7O15.CO2/c1-38-14-21-46-50(34-38)79-51-36-43(66)20-23-47(51)58(46)45-22-19-41(35-44(45)56(74)80-58)54(71)60-26-29-77-31-33-78-32-30-76-28-25-59-53(70)40-17-15-39(16-18-40)49(67)12-6-4-2-3-5-10-42-37-65(64-63-42)27-8-7-11-48(55(72)73)62-57(75)61-24-9-13-52(68)69;2-1-3/h14-23,34-37,48,66H,2-13,24-33H2,1H3,(H,59,70)(H,60,71)(H,68,69)(H,72,73)(H2,61,62,75);/t48-,58?;/m1./s1. The molecule has 0 saturated heterocycles. The van der Waals surface area contributed by atoms with Crippen molar-refractivity contribution in [1.82, 2.24) is 36.3 Å². The van der Waals surface area contributed by atoms with Crippen LogP contribution in [0.1, 0.15) is 140 Å². The lowest BCUT2D eigenvalue weighted by Crippen LogP contribution is -2.46. The maximum atomic E-state index is 13.4. The molecule has 24 heteroatoms. The number of benzene rings is 4. The van der Waals surface area contributed by atoms with Crippen LogP contribution >= 0.6 is 0 Å². The number of carbonyl (C=O) groups excluding carboxylic acids is 7. The Balaban J connectivity index is 0.00000361. The largest absolute Gasteiger partial charge is 0.508 e. The summed E-state index contributed by atoms with van der Waals surface area (Å²) in [5.74, 6) is -2.44. The zero-order chi connectivity index (χ0) is 59.6. The molecule has 1 unspecified atom stereocenters. The summed E-state index contributed by atoms with van der Waals surface area (Å²) < 4.78 is 30.8. The van der Waals surface area contributed by atoms with Gasteiger partial charge in [0.25, 0.3) is 11.8 Å². The second-order valence-corrected chi connectivity index (χ2v) is 19.6. The SMILES string of the molecule is Cc1ccc2c(c1)Oc1cc(O)ccc1C21OC(=O)c2cc(C(=O)NCCOCCOCCOCCNC(=O)c3ccc(C(=O)CCCCCCCc4cn(CCCC[C@@H](NC(=O)NCCCC(=O)O)C(=O)O)nn4)cc3)ccc21.O=C=O. The quantitative estimate of drug-likeness (QED) is 0.0140. The Morgan fingerprint density at radius 1 is 0.663 bits per heavy atom. The Kier molecular flexibility index (Phi) is 24.9. The number of hydrogen-bond donors (Lipinski definition) is 7. The molecule has 7 N–H and O–H groups in total. The van der Waals surface area contributed by atoms with E-state index in [4.69, 9.17) is 38.4 Å². The number of phenols is 1. The van der Waals surface area contributed by atoms with E-state index in [1.165, 1.54) is 18.2 Å². The molecule has 24 nitrogen and oxygen atoms in total. The van der Waals surface area contributed by atoms with Gasteiger partial charge in [0.15, 0.2) is 11.4 Å². The summed E-state index contributed by atoms with van der Waals surface area (Å²) in [6.45, 7) is 4.89. The van der Waals surface area contributed by atoms with E-state index in [0.29, 0.717) is 98.1 Å². The van der Waals surface area contributed by atoms with Gasteiger partial charge >= 0.3 is 30.1 Å². The van der Waals surface area contributed by atoms with Crippen molar-refractivity contribution < 1.29 is 82.2 Å². The predicted octanol–water partition coefficient (Wildman–Crippen LogP) is 6.04. The van der Waals surface area contributed by atoms with Crippen molar-refractivity contribution in [2.45, 2.75) is 102 Å². The van der Waals surface area contributed by atoms with Crippen LogP contribution in [0, 0.1) is 6.92 Å². The Morgan fingerprint density at radius 2 is 1.27 bits per heavy atom. The summed E-state index contributed by atoms with van der Waals surface area (Å²) in [5, 5.41) is 47.3. The number of nitrogens with one attached hydrogen (secondary N) is 4. The topological polar surface area (TPSA) is 339 Å². The normalized spacial score (nSPS) is 13.8. The number of fused-ring (bicyclic) bond motifs is 6. The molecule has 2 aliphatic heterocycles. The summed E-state index contributed by atoms with van der Waals surface area (Å²) in [4.78, 5) is 102. The molecule has 0 saturated carbocycles. The van der Waals surface area contributed by atoms with E-state index >= 15 is 0 Å². The van der Waals surface area contributed by atoms with Crippen LogP contribution in [0.5, 0.6) is 17.2 Å². The number of urea groups is 1.